The molecule has 3 nitrogen and oxygen atoms in total. The molecule has 1 aromatic rings. The highest BCUT2D eigenvalue weighted by molar-refractivity contribution is 5.25. The normalized spacial score (nSPS) is 24.9. The molecule has 0 radical (unpaired) electrons. The number of hydrogen-bond acceptors (Lipinski definition) is 3. The molecule has 1 aliphatic heterocycles. The Morgan fingerprint density at radius 2 is 1.86 bits per heavy atom. The van der Waals surface area contributed by atoms with E-state index in [0.717, 1.165) is 19.3 Å². The van der Waals surface area contributed by atoms with Gasteiger partial charge >= 0.3 is 0 Å². The minimum absolute atomic E-state index is 0.0438. The predicted octanol–water partition coefficient (Wildman–Crippen LogP) is 3.65. The lowest BCUT2D eigenvalue weighted by Crippen LogP contribution is -2.47. The summed E-state index contributed by atoms with van der Waals surface area (Å²) in [5.74, 6) is 0.331. The molecule has 0 bridgehead atoms. The van der Waals surface area contributed by atoms with E-state index in [2.05, 4.69) is 39.9 Å². The number of ether oxygens (including phenoxy) is 1. The lowest BCUT2D eigenvalue weighted by molar-refractivity contribution is -0.0704. The molecule has 0 aromatic heterocycles. The Morgan fingerprint density at radius 3 is 2.38 bits per heavy atom. The van der Waals surface area contributed by atoms with Crippen LogP contribution in [0.4, 0.5) is 0 Å². The maximum Gasteiger partial charge on any atom is 0.115 e. The van der Waals surface area contributed by atoms with Crippen molar-refractivity contribution in [3.63, 3.8) is 0 Å². The van der Waals surface area contributed by atoms with Crippen molar-refractivity contribution >= 4 is 0 Å². The van der Waals surface area contributed by atoms with Crippen molar-refractivity contribution in [2.24, 2.45) is 0 Å². The Kier molecular flexibility index (Phi) is 4.64. The Balaban J connectivity index is 1.84. The summed E-state index contributed by atoms with van der Waals surface area (Å²) in [7, 11) is 0. The van der Waals surface area contributed by atoms with E-state index < -0.39 is 0 Å². The van der Waals surface area contributed by atoms with Crippen molar-refractivity contribution in [2.45, 2.75) is 77.2 Å². The molecular weight excluding hydrogens is 262 g/mol. The third-order valence-corrected chi connectivity index (χ3v) is 4.36. The SMILES string of the molecule is CC(CCc1ccc(O)cc1)NC1CC(C)(C)OC1(C)C. The third kappa shape index (κ3) is 4.45. The van der Waals surface area contributed by atoms with E-state index in [-0.39, 0.29) is 11.2 Å². The second kappa shape index (κ2) is 5.98. The van der Waals surface area contributed by atoms with Crippen molar-refractivity contribution < 1.29 is 9.84 Å². The quantitative estimate of drug-likeness (QED) is 0.870. The molecule has 2 N–H and O–H groups in total. The molecule has 0 aliphatic carbocycles. The summed E-state index contributed by atoms with van der Waals surface area (Å²) in [4.78, 5) is 0. The fourth-order valence-electron chi connectivity index (χ4n) is 3.29. The average Bonchev–Trinajstić information content (AvgIpc) is 2.56. The smallest absolute Gasteiger partial charge is 0.115 e. The van der Waals surface area contributed by atoms with Gasteiger partial charge in [0.2, 0.25) is 0 Å². The standard InChI is InChI=1S/C18H29NO2/c1-13(6-7-14-8-10-15(20)11-9-14)19-16-12-17(2,3)21-18(16,4)5/h8-11,13,16,19-20H,6-7,12H2,1-5H3. The first-order valence-electron chi connectivity index (χ1n) is 7.92. The van der Waals surface area contributed by atoms with Gasteiger partial charge < -0.3 is 15.2 Å². The number of aryl methyl sites for hydroxylation is 1. The second-order valence-corrected chi connectivity index (χ2v) is 7.49. The number of hydrogen-bond donors (Lipinski definition) is 2. The van der Waals surface area contributed by atoms with Gasteiger partial charge in [-0.3, -0.25) is 0 Å². The zero-order valence-corrected chi connectivity index (χ0v) is 13.9. The van der Waals surface area contributed by atoms with Gasteiger partial charge in [0.05, 0.1) is 11.2 Å². The summed E-state index contributed by atoms with van der Waals surface area (Å²) in [6.45, 7) is 10.9. The molecular formula is C18H29NO2. The maximum absolute atomic E-state index is 9.30. The van der Waals surface area contributed by atoms with Crippen LogP contribution in [0.25, 0.3) is 0 Å². The predicted molar refractivity (Wildman–Crippen MR) is 86.7 cm³/mol. The average molecular weight is 291 g/mol. The van der Waals surface area contributed by atoms with Crippen molar-refractivity contribution in [1.29, 1.82) is 0 Å². The highest BCUT2D eigenvalue weighted by atomic mass is 16.5. The van der Waals surface area contributed by atoms with Gasteiger partial charge in [0.15, 0.2) is 0 Å². The Morgan fingerprint density at radius 1 is 1.24 bits per heavy atom. The summed E-state index contributed by atoms with van der Waals surface area (Å²) in [6, 6.07) is 8.33. The van der Waals surface area contributed by atoms with Crippen molar-refractivity contribution in [2.75, 3.05) is 0 Å². The fourth-order valence-corrected chi connectivity index (χ4v) is 3.29. The zero-order valence-electron chi connectivity index (χ0n) is 13.9. The molecule has 1 fully saturated rings. The number of aromatic hydroxyl groups is 1. The van der Waals surface area contributed by atoms with Gasteiger partial charge in [0.25, 0.3) is 0 Å². The molecule has 0 amide bonds. The second-order valence-electron chi connectivity index (χ2n) is 7.49. The lowest BCUT2D eigenvalue weighted by Gasteiger charge is -2.30. The maximum atomic E-state index is 9.30. The number of rotatable bonds is 5. The van der Waals surface area contributed by atoms with Gasteiger partial charge in [-0.2, -0.15) is 0 Å². The van der Waals surface area contributed by atoms with Crippen LogP contribution >= 0.6 is 0 Å². The summed E-state index contributed by atoms with van der Waals surface area (Å²) in [5.41, 5.74) is 1.11. The van der Waals surface area contributed by atoms with Crippen LogP contribution in [-0.4, -0.2) is 28.4 Å². The van der Waals surface area contributed by atoms with Crippen molar-refractivity contribution in [1.82, 2.24) is 5.32 Å². The van der Waals surface area contributed by atoms with Gasteiger partial charge in [-0.1, -0.05) is 12.1 Å². The Labute approximate surface area is 128 Å². The van der Waals surface area contributed by atoms with Crippen LogP contribution in [0.15, 0.2) is 24.3 Å². The molecule has 2 atom stereocenters. The number of phenols is 1. The number of phenolic OH excluding ortho intramolecular Hbond substituents is 1. The molecule has 3 heteroatoms. The first-order chi connectivity index (χ1) is 9.68. The minimum Gasteiger partial charge on any atom is -0.508 e. The van der Waals surface area contributed by atoms with Crippen LogP contribution < -0.4 is 5.32 Å². The molecule has 0 saturated carbocycles. The van der Waals surface area contributed by atoms with Gasteiger partial charge in [-0.25, -0.2) is 0 Å². The molecule has 21 heavy (non-hydrogen) atoms. The van der Waals surface area contributed by atoms with E-state index in [9.17, 15) is 5.11 Å². The van der Waals surface area contributed by atoms with E-state index in [0.29, 0.717) is 17.8 Å². The van der Waals surface area contributed by atoms with Gasteiger partial charge in [-0.05, 0) is 71.6 Å². The van der Waals surface area contributed by atoms with E-state index in [1.54, 1.807) is 12.1 Å². The van der Waals surface area contributed by atoms with Crippen molar-refractivity contribution in [3.8, 4) is 5.75 Å². The molecule has 2 rings (SSSR count). The van der Waals surface area contributed by atoms with E-state index >= 15 is 0 Å². The topological polar surface area (TPSA) is 41.5 Å². The van der Waals surface area contributed by atoms with Crippen LogP contribution in [0.2, 0.25) is 0 Å². The molecule has 0 spiro atoms. The van der Waals surface area contributed by atoms with Crippen LogP contribution in [0.3, 0.4) is 0 Å². The number of benzene rings is 1. The van der Waals surface area contributed by atoms with Gasteiger partial charge in [0.1, 0.15) is 5.75 Å². The molecule has 2 unspecified atom stereocenters. The van der Waals surface area contributed by atoms with Gasteiger partial charge in [0, 0.05) is 12.1 Å². The van der Waals surface area contributed by atoms with E-state index in [4.69, 9.17) is 4.74 Å². The highest BCUT2D eigenvalue weighted by Gasteiger charge is 2.45. The summed E-state index contributed by atoms with van der Waals surface area (Å²) < 4.78 is 6.14. The molecule has 118 valence electrons. The molecule has 1 heterocycles. The summed E-state index contributed by atoms with van der Waals surface area (Å²) >= 11 is 0. The monoisotopic (exact) mass is 291 g/mol. The van der Waals surface area contributed by atoms with Gasteiger partial charge in [-0.15, -0.1) is 0 Å². The first-order valence-corrected chi connectivity index (χ1v) is 7.92. The molecule has 1 aromatic carbocycles. The third-order valence-electron chi connectivity index (χ3n) is 4.36. The summed E-state index contributed by atoms with van der Waals surface area (Å²) in [6.07, 6.45) is 3.15. The lowest BCUT2D eigenvalue weighted by atomic mass is 9.93. The Bertz CT molecular complexity index is 465. The van der Waals surface area contributed by atoms with E-state index in [1.807, 2.05) is 12.1 Å². The minimum atomic E-state index is -0.115. The zero-order chi connectivity index (χ0) is 15.7. The Hall–Kier alpha value is -1.06. The molecule has 1 saturated heterocycles. The largest absolute Gasteiger partial charge is 0.508 e. The molecule has 1 aliphatic rings. The number of nitrogens with one attached hydrogen (secondary N) is 1. The first kappa shape index (κ1) is 16.3. The van der Waals surface area contributed by atoms with Crippen LogP contribution in [0.5, 0.6) is 5.75 Å². The van der Waals surface area contributed by atoms with Crippen LogP contribution in [0, 0.1) is 0 Å². The highest BCUT2D eigenvalue weighted by Crippen LogP contribution is 2.37. The van der Waals surface area contributed by atoms with Crippen molar-refractivity contribution in [3.05, 3.63) is 29.8 Å². The van der Waals surface area contributed by atoms with Crippen LogP contribution in [-0.2, 0) is 11.2 Å². The van der Waals surface area contributed by atoms with E-state index in [1.165, 1.54) is 5.56 Å². The fraction of sp³-hybridized carbons (Fsp3) is 0.667. The summed E-state index contributed by atoms with van der Waals surface area (Å²) in [5, 5.41) is 13.0. The van der Waals surface area contributed by atoms with Crippen LogP contribution in [0.1, 0.15) is 53.0 Å².